The van der Waals surface area contributed by atoms with Gasteiger partial charge in [-0.25, -0.2) is 0 Å². The van der Waals surface area contributed by atoms with Gasteiger partial charge in [0.1, 0.15) is 0 Å². The molecule has 0 bridgehead atoms. The highest BCUT2D eigenvalue weighted by Gasteiger charge is 2.09. The SMILES string of the molecule is CC(C)C(C)c1cccs1. The van der Waals surface area contributed by atoms with E-state index < -0.39 is 0 Å². The molecule has 1 aromatic heterocycles. The molecule has 0 fully saturated rings. The van der Waals surface area contributed by atoms with Crippen LogP contribution in [0.5, 0.6) is 0 Å². The van der Waals surface area contributed by atoms with E-state index in [-0.39, 0.29) is 0 Å². The van der Waals surface area contributed by atoms with Gasteiger partial charge in [-0.15, -0.1) is 11.3 Å². The molecule has 0 aliphatic heterocycles. The van der Waals surface area contributed by atoms with E-state index in [0.717, 1.165) is 11.8 Å². The van der Waals surface area contributed by atoms with Crippen molar-refractivity contribution >= 4 is 11.3 Å². The maximum atomic E-state index is 2.29. The minimum absolute atomic E-state index is 0.722. The molecule has 0 N–H and O–H groups in total. The highest BCUT2D eigenvalue weighted by atomic mass is 32.1. The van der Waals surface area contributed by atoms with Crippen LogP contribution in [0.15, 0.2) is 17.5 Å². The van der Waals surface area contributed by atoms with Gasteiger partial charge in [0.25, 0.3) is 0 Å². The van der Waals surface area contributed by atoms with Crippen molar-refractivity contribution in [3.05, 3.63) is 22.4 Å². The van der Waals surface area contributed by atoms with Gasteiger partial charge in [-0.05, 0) is 23.3 Å². The Morgan fingerprint density at radius 1 is 1.30 bits per heavy atom. The van der Waals surface area contributed by atoms with Crippen LogP contribution >= 0.6 is 11.3 Å². The third-order valence-electron chi connectivity index (χ3n) is 1.99. The molecule has 1 unspecified atom stereocenters. The molecule has 0 amide bonds. The summed E-state index contributed by atoms with van der Waals surface area (Å²) in [5, 5.41) is 2.15. The first-order valence-corrected chi connectivity index (χ1v) is 4.63. The first kappa shape index (κ1) is 7.80. The molecule has 1 rings (SSSR count). The van der Waals surface area contributed by atoms with E-state index in [1.165, 1.54) is 4.88 Å². The zero-order valence-corrected chi connectivity index (χ0v) is 7.61. The van der Waals surface area contributed by atoms with Crippen LogP contribution in [0.25, 0.3) is 0 Å². The minimum atomic E-state index is 0.722. The first-order valence-electron chi connectivity index (χ1n) is 3.75. The largest absolute Gasteiger partial charge is 0.149 e. The highest BCUT2D eigenvalue weighted by Crippen LogP contribution is 2.26. The molecular formula is C9H14S. The maximum Gasteiger partial charge on any atom is 0.00759 e. The summed E-state index contributed by atoms with van der Waals surface area (Å²) in [5.74, 6) is 1.48. The molecule has 1 heteroatoms. The van der Waals surface area contributed by atoms with Gasteiger partial charge >= 0.3 is 0 Å². The molecule has 0 aliphatic carbocycles. The Labute approximate surface area is 66.9 Å². The van der Waals surface area contributed by atoms with E-state index in [1.54, 1.807) is 0 Å². The lowest BCUT2D eigenvalue weighted by Gasteiger charge is -2.12. The lowest BCUT2D eigenvalue weighted by Crippen LogP contribution is -1.98. The normalized spacial score (nSPS) is 14.0. The Morgan fingerprint density at radius 2 is 2.00 bits per heavy atom. The minimum Gasteiger partial charge on any atom is -0.149 e. The lowest BCUT2D eigenvalue weighted by molar-refractivity contribution is 0.542. The van der Waals surface area contributed by atoms with Crippen molar-refractivity contribution in [2.75, 3.05) is 0 Å². The maximum absolute atomic E-state index is 2.29. The summed E-state index contributed by atoms with van der Waals surface area (Å²) in [6, 6.07) is 4.34. The van der Waals surface area contributed by atoms with Crippen LogP contribution < -0.4 is 0 Å². The summed E-state index contributed by atoms with van der Waals surface area (Å²) in [4.78, 5) is 1.51. The van der Waals surface area contributed by atoms with Crippen molar-refractivity contribution in [2.45, 2.75) is 26.7 Å². The standard InChI is InChI=1S/C9H14S/c1-7(2)8(3)9-5-4-6-10-9/h4-8H,1-3H3. The molecule has 1 aromatic rings. The summed E-state index contributed by atoms with van der Waals surface area (Å²) in [7, 11) is 0. The summed E-state index contributed by atoms with van der Waals surface area (Å²) >= 11 is 1.86. The van der Waals surface area contributed by atoms with Gasteiger partial charge in [0.15, 0.2) is 0 Å². The van der Waals surface area contributed by atoms with Gasteiger partial charge in [-0.3, -0.25) is 0 Å². The Bertz CT molecular complexity index is 175. The second kappa shape index (κ2) is 3.20. The Morgan fingerprint density at radius 3 is 2.40 bits per heavy atom. The van der Waals surface area contributed by atoms with Crippen molar-refractivity contribution in [3.8, 4) is 0 Å². The summed E-state index contributed by atoms with van der Waals surface area (Å²) in [6.07, 6.45) is 0. The van der Waals surface area contributed by atoms with E-state index >= 15 is 0 Å². The van der Waals surface area contributed by atoms with Gasteiger partial charge in [-0.2, -0.15) is 0 Å². The fourth-order valence-electron chi connectivity index (χ4n) is 0.879. The van der Waals surface area contributed by atoms with E-state index in [2.05, 4.69) is 38.3 Å². The van der Waals surface area contributed by atoms with Crippen LogP contribution in [0.3, 0.4) is 0 Å². The average molecular weight is 154 g/mol. The molecule has 0 saturated carbocycles. The van der Waals surface area contributed by atoms with Crippen LogP contribution in [-0.2, 0) is 0 Å². The second-order valence-corrected chi connectivity index (χ2v) is 4.03. The third kappa shape index (κ3) is 1.60. The fraction of sp³-hybridized carbons (Fsp3) is 0.556. The van der Waals surface area contributed by atoms with Crippen LogP contribution in [0.2, 0.25) is 0 Å². The summed E-state index contributed by atoms with van der Waals surface area (Å²) < 4.78 is 0. The van der Waals surface area contributed by atoms with Gasteiger partial charge in [-0.1, -0.05) is 26.8 Å². The van der Waals surface area contributed by atoms with Crippen molar-refractivity contribution in [2.24, 2.45) is 5.92 Å². The number of rotatable bonds is 2. The van der Waals surface area contributed by atoms with E-state index in [4.69, 9.17) is 0 Å². The Hall–Kier alpha value is -0.300. The van der Waals surface area contributed by atoms with Gasteiger partial charge in [0, 0.05) is 4.88 Å². The summed E-state index contributed by atoms with van der Waals surface area (Å²) in [6.45, 7) is 6.82. The van der Waals surface area contributed by atoms with Gasteiger partial charge in [0.2, 0.25) is 0 Å². The van der Waals surface area contributed by atoms with E-state index in [1.807, 2.05) is 11.3 Å². The predicted molar refractivity (Wildman–Crippen MR) is 47.6 cm³/mol. The second-order valence-electron chi connectivity index (χ2n) is 3.05. The smallest absolute Gasteiger partial charge is 0.00759 e. The fourth-order valence-corrected chi connectivity index (χ4v) is 1.84. The van der Waals surface area contributed by atoms with Crippen molar-refractivity contribution in [1.29, 1.82) is 0 Å². The quantitative estimate of drug-likeness (QED) is 0.611. The van der Waals surface area contributed by atoms with Crippen molar-refractivity contribution < 1.29 is 0 Å². The Kier molecular flexibility index (Phi) is 2.50. The van der Waals surface area contributed by atoms with Crippen LogP contribution in [0.1, 0.15) is 31.6 Å². The van der Waals surface area contributed by atoms with E-state index in [9.17, 15) is 0 Å². The molecule has 10 heavy (non-hydrogen) atoms. The molecule has 0 spiro atoms. The third-order valence-corrected chi connectivity index (χ3v) is 3.07. The Balaban J connectivity index is 2.68. The zero-order valence-electron chi connectivity index (χ0n) is 6.79. The first-order chi connectivity index (χ1) is 4.72. The number of hydrogen-bond donors (Lipinski definition) is 0. The molecule has 0 aromatic carbocycles. The van der Waals surface area contributed by atoms with Gasteiger partial charge in [0.05, 0.1) is 0 Å². The highest BCUT2D eigenvalue weighted by molar-refractivity contribution is 7.10. The molecular weight excluding hydrogens is 140 g/mol. The molecule has 0 saturated heterocycles. The molecule has 0 nitrogen and oxygen atoms in total. The predicted octanol–water partition coefficient (Wildman–Crippen LogP) is 3.51. The molecule has 56 valence electrons. The number of hydrogen-bond acceptors (Lipinski definition) is 1. The van der Waals surface area contributed by atoms with Crippen LogP contribution in [0, 0.1) is 5.92 Å². The topological polar surface area (TPSA) is 0 Å². The monoisotopic (exact) mass is 154 g/mol. The van der Waals surface area contributed by atoms with Gasteiger partial charge < -0.3 is 0 Å². The molecule has 0 aliphatic rings. The molecule has 1 heterocycles. The van der Waals surface area contributed by atoms with Crippen molar-refractivity contribution in [1.82, 2.24) is 0 Å². The van der Waals surface area contributed by atoms with Crippen LogP contribution in [-0.4, -0.2) is 0 Å². The van der Waals surface area contributed by atoms with E-state index in [0.29, 0.717) is 0 Å². The lowest BCUT2D eigenvalue weighted by atomic mass is 9.97. The number of thiophene rings is 1. The zero-order chi connectivity index (χ0) is 7.56. The molecule has 0 radical (unpaired) electrons. The summed E-state index contributed by atoms with van der Waals surface area (Å²) in [5.41, 5.74) is 0. The van der Waals surface area contributed by atoms with Crippen molar-refractivity contribution in [3.63, 3.8) is 0 Å². The average Bonchev–Trinajstić information content (AvgIpc) is 2.36. The molecule has 1 atom stereocenters. The van der Waals surface area contributed by atoms with Crippen LogP contribution in [0.4, 0.5) is 0 Å².